The van der Waals surface area contributed by atoms with E-state index in [1.807, 2.05) is 31.2 Å². The van der Waals surface area contributed by atoms with Gasteiger partial charge in [-0.1, -0.05) is 12.1 Å². The van der Waals surface area contributed by atoms with E-state index in [0.29, 0.717) is 5.75 Å². The fraction of sp³-hybridized carbons (Fsp3) is 0.200. The molecule has 1 N–H and O–H groups in total. The monoisotopic (exact) mass is 274 g/mol. The van der Waals surface area contributed by atoms with Crippen molar-refractivity contribution < 1.29 is 13.9 Å². The number of benzene rings is 1. The molecule has 4 nitrogen and oxygen atoms in total. The zero-order valence-corrected chi connectivity index (χ0v) is 11.3. The molecule has 104 valence electrons. The van der Waals surface area contributed by atoms with Crippen molar-refractivity contribution in [2.24, 2.45) is 0 Å². The third-order valence-electron chi connectivity index (χ3n) is 2.95. The van der Waals surface area contributed by atoms with Crippen molar-refractivity contribution >= 4 is 5.91 Å². The van der Waals surface area contributed by atoms with Gasteiger partial charge >= 0.3 is 0 Å². The fourth-order valence-corrected chi connectivity index (χ4v) is 1.82. The second-order valence-electron chi connectivity index (χ2n) is 4.31. The highest BCUT2D eigenvalue weighted by molar-refractivity contribution is 5.94. The lowest BCUT2D eigenvalue weighted by molar-refractivity contribution is 0.0935. The van der Waals surface area contributed by atoms with Crippen molar-refractivity contribution in [3.8, 4) is 5.75 Å². The van der Waals surface area contributed by atoms with E-state index in [9.17, 15) is 9.18 Å². The van der Waals surface area contributed by atoms with Crippen LogP contribution in [0.4, 0.5) is 4.39 Å². The minimum Gasteiger partial charge on any atom is -0.497 e. The summed E-state index contributed by atoms with van der Waals surface area (Å²) in [5.74, 6) is -0.565. The summed E-state index contributed by atoms with van der Waals surface area (Å²) in [5, 5.41) is 2.73. The van der Waals surface area contributed by atoms with Crippen LogP contribution in [0, 0.1) is 5.95 Å². The molecule has 2 rings (SSSR count). The average Bonchev–Trinajstić information content (AvgIpc) is 2.47. The molecule has 2 aromatic rings. The molecule has 0 saturated carbocycles. The molecule has 0 spiro atoms. The highest BCUT2D eigenvalue weighted by Crippen LogP contribution is 2.19. The summed E-state index contributed by atoms with van der Waals surface area (Å²) in [6.45, 7) is 1.82. The Labute approximate surface area is 116 Å². The van der Waals surface area contributed by atoms with Crippen LogP contribution in [0.1, 0.15) is 28.9 Å². The second kappa shape index (κ2) is 6.14. The number of ether oxygens (including phenoxy) is 1. The average molecular weight is 274 g/mol. The van der Waals surface area contributed by atoms with Gasteiger partial charge in [-0.25, -0.2) is 4.98 Å². The summed E-state index contributed by atoms with van der Waals surface area (Å²) in [6.07, 6.45) is 1.30. The Morgan fingerprint density at radius 3 is 2.85 bits per heavy atom. The van der Waals surface area contributed by atoms with Gasteiger partial charge in [0.2, 0.25) is 5.95 Å². The van der Waals surface area contributed by atoms with Crippen LogP contribution >= 0.6 is 0 Å². The first-order valence-corrected chi connectivity index (χ1v) is 6.17. The van der Waals surface area contributed by atoms with Gasteiger partial charge in [0, 0.05) is 6.20 Å². The van der Waals surface area contributed by atoms with Crippen LogP contribution in [0.5, 0.6) is 5.75 Å². The molecule has 0 fully saturated rings. The van der Waals surface area contributed by atoms with Gasteiger partial charge in [-0.15, -0.1) is 0 Å². The molecular formula is C15H15FN2O2. The smallest absolute Gasteiger partial charge is 0.256 e. The van der Waals surface area contributed by atoms with E-state index >= 15 is 0 Å². The van der Waals surface area contributed by atoms with E-state index in [2.05, 4.69) is 10.3 Å². The van der Waals surface area contributed by atoms with Crippen LogP contribution in [0.2, 0.25) is 0 Å². The summed E-state index contributed by atoms with van der Waals surface area (Å²) in [5.41, 5.74) is 0.809. The van der Waals surface area contributed by atoms with E-state index in [1.165, 1.54) is 18.3 Å². The van der Waals surface area contributed by atoms with Crippen molar-refractivity contribution in [2.75, 3.05) is 7.11 Å². The normalized spacial score (nSPS) is 11.8. The summed E-state index contributed by atoms with van der Waals surface area (Å²) in [6, 6.07) is 10.00. The molecule has 0 radical (unpaired) electrons. The molecule has 1 aromatic heterocycles. The van der Waals surface area contributed by atoms with Crippen LogP contribution in [-0.4, -0.2) is 18.0 Å². The van der Waals surface area contributed by atoms with Crippen LogP contribution in [-0.2, 0) is 0 Å². The molecular weight excluding hydrogens is 259 g/mol. The van der Waals surface area contributed by atoms with Crippen molar-refractivity contribution in [2.45, 2.75) is 13.0 Å². The number of rotatable bonds is 4. The molecule has 1 amide bonds. The molecule has 20 heavy (non-hydrogen) atoms. The molecule has 0 aliphatic carbocycles. The number of nitrogens with zero attached hydrogens (tertiary/aromatic N) is 1. The molecule has 1 aromatic carbocycles. The number of methoxy groups -OCH3 is 1. The number of halogens is 1. The predicted octanol–water partition coefficient (Wildman–Crippen LogP) is 2.72. The number of carbonyl (C=O) groups is 1. The highest BCUT2D eigenvalue weighted by atomic mass is 19.1. The number of aromatic nitrogens is 1. The maximum Gasteiger partial charge on any atom is 0.256 e. The molecule has 0 saturated heterocycles. The maximum atomic E-state index is 13.4. The Morgan fingerprint density at radius 2 is 2.15 bits per heavy atom. The Hall–Kier alpha value is -2.43. The molecule has 1 atom stereocenters. The topological polar surface area (TPSA) is 51.2 Å². The number of nitrogens with one attached hydrogen (secondary N) is 1. The Kier molecular flexibility index (Phi) is 4.30. The highest BCUT2D eigenvalue weighted by Gasteiger charge is 2.15. The summed E-state index contributed by atoms with van der Waals surface area (Å²) in [7, 11) is 1.58. The molecule has 0 aliphatic heterocycles. The van der Waals surface area contributed by atoms with Gasteiger partial charge in [-0.2, -0.15) is 4.39 Å². The lowest BCUT2D eigenvalue weighted by Crippen LogP contribution is -2.27. The quantitative estimate of drug-likeness (QED) is 0.872. The first kappa shape index (κ1) is 14.0. The zero-order chi connectivity index (χ0) is 14.5. The SMILES string of the molecule is COc1cccc(C(C)NC(=O)c2cccnc2F)c1. The molecule has 1 unspecified atom stereocenters. The number of hydrogen-bond donors (Lipinski definition) is 1. The van der Waals surface area contributed by atoms with Gasteiger partial charge in [0.25, 0.3) is 5.91 Å². The Morgan fingerprint density at radius 1 is 1.35 bits per heavy atom. The number of amides is 1. The first-order valence-electron chi connectivity index (χ1n) is 6.17. The van der Waals surface area contributed by atoms with Gasteiger partial charge in [-0.05, 0) is 36.8 Å². The van der Waals surface area contributed by atoms with Crippen LogP contribution in [0.3, 0.4) is 0 Å². The second-order valence-corrected chi connectivity index (χ2v) is 4.31. The van der Waals surface area contributed by atoms with Gasteiger partial charge in [0.15, 0.2) is 0 Å². The first-order chi connectivity index (χ1) is 9.61. The van der Waals surface area contributed by atoms with E-state index in [1.54, 1.807) is 7.11 Å². The van der Waals surface area contributed by atoms with Crippen LogP contribution in [0.15, 0.2) is 42.6 Å². The van der Waals surface area contributed by atoms with E-state index in [0.717, 1.165) is 5.56 Å². The van der Waals surface area contributed by atoms with Crippen molar-refractivity contribution in [1.29, 1.82) is 0 Å². The number of hydrogen-bond acceptors (Lipinski definition) is 3. The van der Waals surface area contributed by atoms with Crippen molar-refractivity contribution in [3.05, 3.63) is 59.7 Å². The van der Waals surface area contributed by atoms with E-state index in [-0.39, 0.29) is 11.6 Å². The predicted molar refractivity (Wildman–Crippen MR) is 73.1 cm³/mol. The van der Waals surface area contributed by atoms with Crippen LogP contribution < -0.4 is 10.1 Å². The summed E-state index contributed by atoms with van der Waals surface area (Å²) >= 11 is 0. The largest absolute Gasteiger partial charge is 0.497 e. The molecule has 5 heteroatoms. The van der Waals surface area contributed by atoms with Crippen molar-refractivity contribution in [1.82, 2.24) is 10.3 Å². The number of carbonyl (C=O) groups excluding carboxylic acids is 1. The molecule has 0 aliphatic rings. The molecule has 0 bridgehead atoms. The minimum absolute atomic E-state index is 0.0674. The molecule has 1 heterocycles. The van der Waals surface area contributed by atoms with Gasteiger partial charge in [0.05, 0.1) is 18.7 Å². The Balaban J connectivity index is 2.13. The van der Waals surface area contributed by atoms with Crippen LogP contribution in [0.25, 0.3) is 0 Å². The minimum atomic E-state index is -0.775. The number of pyridine rings is 1. The van der Waals surface area contributed by atoms with Gasteiger partial charge in [0.1, 0.15) is 5.75 Å². The van der Waals surface area contributed by atoms with Crippen molar-refractivity contribution in [3.63, 3.8) is 0 Å². The van der Waals surface area contributed by atoms with Gasteiger partial charge < -0.3 is 10.1 Å². The fourth-order valence-electron chi connectivity index (χ4n) is 1.82. The van der Waals surface area contributed by atoms with Gasteiger partial charge in [-0.3, -0.25) is 4.79 Å². The van der Waals surface area contributed by atoms with E-state index < -0.39 is 11.9 Å². The summed E-state index contributed by atoms with van der Waals surface area (Å²) < 4.78 is 18.6. The lowest BCUT2D eigenvalue weighted by Gasteiger charge is -2.15. The summed E-state index contributed by atoms with van der Waals surface area (Å²) in [4.78, 5) is 15.4. The maximum absolute atomic E-state index is 13.4. The third kappa shape index (κ3) is 3.12. The third-order valence-corrected chi connectivity index (χ3v) is 2.95. The zero-order valence-electron chi connectivity index (χ0n) is 11.3. The standard InChI is InChI=1S/C15H15FN2O2/c1-10(11-5-3-6-12(9-11)20-2)18-15(19)13-7-4-8-17-14(13)16/h3-10H,1-2H3,(H,18,19). The van der Waals surface area contributed by atoms with E-state index in [4.69, 9.17) is 4.74 Å². The Bertz CT molecular complexity index is 616. The lowest BCUT2D eigenvalue weighted by atomic mass is 10.1.